The molecule has 0 aliphatic heterocycles. The number of nitrogens with one attached hydrogen (secondary N) is 2. The van der Waals surface area contributed by atoms with Crippen molar-refractivity contribution in [2.75, 3.05) is 13.7 Å². The maximum atomic E-state index is 12.7. The average Bonchev–Trinajstić information content (AvgIpc) is 2.57. The Balaban J connectivity index is 2.85. The molecule has 6 nitrogen and oxygen atoms in total. The van der Waals surface area contributed by atoms with Gasteiger partial charge in [0.2, 0.25) is 0 Å². The molecule has 0 fully saturated rings. The van der Waals surface area contributed by atoms with Crippen LogP contribution in [0.25, 0.3) is 0 Å². The minimum Gasteiger partial charge on any atom is -0.496 e. The zero-order valence-electron chi connectivity index (χ0n) is 17.0. The number of hydrogen-bond acceptors (Lipinski definition) is 4. The van der Waals surface area contributed by atoms with Crippen LogP contribution in [0, 0.1) is 6.92 Å². The van der Waals surface area contributed by atoms with Crippen LogP contribution in [0.3, 0.4) is 0 Å². The summed E-state index contributed by atoms with van der Waals surface area (Å²) in [6.07, 6.45) is 0.859. The molecule has 0 heterocycles. The van der Waals surface area contributed by atoms with Gasteiger partial charge in [-0.1, -0.05) is 19.9 Å². The molecule has 0 aliphatic carbocycles. The first kappa shape index (κ1) is 21.8. The van der Waals surface area contributed by atoms with Crippen LogP contribution in [0.15, 0.2) is 18.2 Å². The quantitative estimate of drug-likeness (QED) is 0.771. The molecule has 0 saturated heterocycles. The molecule has 2 N–H and O–H groups in total. The number of rotatable bonds is 7. The monoisotopic (exact) mass is 364 g/mol. The van der Waals surface area contributed by atoms with E-state index >= 15 is 0 Å². The van der Waals surface area contributed by atoms with Gasteiger partial charge in [-0.2, -0.15) is 0 Å². The highest BCUT2D eigenvalue weighted by Crippen LogP contribution is 2.21. The van der Waals surface area contributed by atoms with E-state index in [-0.39, 0.29) is 5.91 Å². The van der Waals surface area contributed by atoms with Crippen molar-refractivity contribution >= 4 is 12.0 Å². The van der Waals surface area contributed by atoms with E-state index in [9.17, 15) is 9.59 Å². The summed E-state index contributed by atoms with van der Waals surface area (Å²) in [6.45, 7) is 11.6. The number of carbonyl (C=O) groups excluding carboxylic acids is 2. The predicted octanol–water partition coefficient (Wildman–Crippen LogP) is 3.82. The highest BCUT2D eigenvalue weighted by molar-refractivity contribution is 5.95. The molecule has 1 aromatic rings. The zero-order chi connectivity index (χ0) is 20.0. The normalized spacial score (nSPS) is 11.7. The number of alkyl carbamates (subject to hydrolysis) is 1. The van der Waals surface area contributed by atoms with E-state index in [0.29, 0.717) is 30.7 Å². The average molecular weight is 364 g/mol. The number of hydrogen-bond donors (Lipinski definition) is 2. The Bertz CT molecular complexity index is 631. The third kappa shape index (κ3) is 6.24. The van der Waals surface area contributed by atoms with Crippen LogP contribution in [0.2, 0.25) is 0 Å². The summed E-state index contributed by atoms with van der Waals surface area (Å²) in [5.41, 5.74) is 0.378. The lowest BCUT2D eigenvalue weighted by Crippen LogP contribution is -2.55. The highest BCUT2D eigenvalue weighted by Gasteiger charge is 2.30. The fraction of sp³-hybridized carbons (Fsp3) is 0.600. The van der Waals surface area contributed by atoms with E-state index in [0.717, 1.165) is 5.56 Å². The van der Waals surface area contributed by atoms with Crippen molar-refractivity contribution in [1.82, 2.24) is 10.6 Å². The molecular formula is C20H32N2O4. The van der Waals surface area contributed by atoms with E-state index in [4.69, 9.17) is 9.47 Å². The second-order valence-corrected chi connectivity index (χ2v) is 7.48. The van der Waals surface area contributed by atoms with Crippen molar-refractivity contribution in [2.24, 2.45) is 0 Å². The first-order valence-electron chi connectivity index (χ1n) is 9.00. The third-order valence-electron chi connectivity index (χ3n) is 4.37. The molecule has 0 bridgehead atoms. The first-order chi connectivity index (χ1) is 12.1. The third-order valence-corrected chi connectivity index (χ3v) is 4.37. The van der Waals surface area contributed by atoms with Gasteiger partial charge in [-0.05, 0) is 58.2 Å². The Labute approximate surface area is 156 Å². The molecule has 1 rings (SSSR count). The van der Waals surface area contributed by atoms with Crippen molar-refractivity contribution in [2.45, 2.75) is 65.5 Å². The van der Waals surface area contributed by atoms with Gasteiger partial charge in [0.25, 0.3) is 5.91 Å². The van der Waals surface area contributed by atoms with Crippen LogP contribution in [0.1, 0.15) is 63.4 Å². The van der Waals surface area contributed by atoms with Crippen molar-refractivity contribution < 1.29 is 19.1 Å². The molecule has 1 aromatic carbocycles. The Morgan fingerprint density at radius 1 is 1.12 bits per heavy atom. The predicted molar refractivity (Wildman–Crippen MR) is 103 cm³/mol. The van der Waals surface area contributed by atoms with E-state index in [1.807, 2.05) is 47.6 Å². The lowest BCUT2D eigenvalue weighted by molar-refractivity contribution is 0.0502. The topological polar surface area (TPSA) is 76.7 Å². The van der Waals surface area contributed by atoms with Gasteiger partial charge in [0.05, 0.1) is 12.6 Å². The maximum absolute atomic E-state index is 12.7. The number of methoxy groups -OCH3 is 1. The second kappa shape index (κ2) is 8.92. The highest BCUT2D eigenvalue weighted by atomic mass is 16.6. The van der Waals surface area contributed by atoms with Gasteiger partial charge in [0.15, 0.2) is 0 Å². The summed E-state index contributed by atoms with van der Waals surface area (Å²) in [6, 6.07) is 5.35. The smallest absolute Gasteiger partial charge is 0.407 e. The summed E-state index contributed by atoms with van der Waals surface area (Å²) in [7, 11) is 1.58. The van der Waals surface area contributed by atoms with Crippen LogP contribution < -0.4 is 15.4 Å². The van der Waals surface area contributed by atoms with Crippen LogP contribution in [-0.2, 0) is 4.74 Å². The van der Waals surface area contributed by atoms with Gasteiger partial charge < -0.3 is 20.1 Å². The molecule has 0 spiro atoms. The number of ether oxygens (including phenoxy) is 2. The van der Waals surface area contributed by atoms with Crippen molar-refractivity contribution in [3.05, 3.63) is 29.3 Å². The molecule has 0 saturated carbocycles. The summed E-state index contributed by atoms with van der Waals surface area (Å²) >= 11 is 0. The molecule has 0 aliphatic rings. The summed E-state index contributed by atoms with van der Waals surface area (Å²) in [4.78, 5) is 24.7. The lowest BCUT2D eigenvalue weighted by atomic mass is 9.92. The lowest BCUT2D eigenvalue weighted by Gasteiger charge is -2.33. The molecule has 0 atom stereocenters. The minimum absolute atomic E-state index is 0.196. The maximum Gasteiger partial charge on any atom is 0.407 e. The number of aryl methyl sites for hydroxylation is 1. The fourth-order valence-corrected chi connectivity index (χ4v) is 2.55. The Morgan fingerprint density at radius 2 is 1.73 bits per heavy atom. The van der Waals surface area contributed by atoms with Crippen molar-refractivity contribution in [3.8, 4) is 5.75 Å². The summed E-state index contributed by atoms with van der Waals surface area (Å²) in [5.74, 6) is 0.473. The van der Waals surface area contributed by atoms with Crippen molar-refractivity contribution in [1.29, 1.82) is 0 Å². The Morgan fingerprint density at radius 3 is 2.23 bits per heavy atom. The van der Waals surface area contributed by atoms with Gasteiger partial charge in [-0.15, -0.1) is 0 Å². The van der Waals surface area contributed by atoms with Gasteiger partial charge >= 0.3 is 6.09 Å². The fourth-order valence-electron chi connectivity index (χ4n) is 2.55. The second-order valence-electron chi connectivity index (χ2n) is 7.48. The molecular weight excluding hydrogens is 332 g/mol. The molecule has 0 aromatic heterocycles. The molecule has 6 heteroatoms. The van der Waals surface area contributed by atoms with Crippen LogP contribution in [0.5, 0.6) is 5.75 Å². The summed E-state index contributed by atoms with van der Waals surface area (Å²) in [5, 5.41) is 5.84. The molecule has 26 heavy (non-hydrogen) atoms. The molecule has 0 unspecified atom stereocenters. The Kier molecular flexibility index (Phi) is 7.48. The SMILES string of the molecule is CCC(CC)(CNC(=O)OC(C)(C)C)NC(=O)c1ccc(C)c(OC)c1. The van der Waals surface area contributed by atoms with Crippen LogP contribution >= 0.6 is 0 Å². The van der Waals surface area contributed by atoms with Gasteiger partial charge in [-0.25, -0.2) is 4.79 Å². The first-order valence-corrected chi connectivity index (χ1v) is 9.00. The zero-order valence-corrected chi connectivity index (χ0v) is 17.0. The molecule has 146 valence electrons. The van der Waals surface area contributed by atoms with E-state index in [1.165, 1.54) is 0 Å². The summed E-state index contributed by atoms with van der Waals surface area (Å²) < 4.78 is 10.6. The molecule has 0 radical (unpaired) electrons. The van der Waals surface area contributed by atoms with E-state index in [1.54, 1.807) is 19.2 Å². The van der Waals surface area contributed by atoms with Crippen LogP contribution in [0.4, 0.5) is 4.79 Å². The number of carbonyl (C=O) groups is 2. The van der Waals surface area contributed by atoms with Crippen molar-refractivity contribution in [3.63, 3.8) is 0 Å². The minimum atomic E-state index is -0.563. The number of benzene rings is 1. The van der Waals surface area contributed by atoms with Crippen LogP contribution in [-0.4, -0.2) is 36.8 Å². The Hall–Kier alpha value is -2.24. The van der Waals surface area contributed by atoms with E-state index in [2.05, 4.69) is 10.6 Å². The molecule has 2 amide bonds. The number of amides is 2. The van der Waals surface area contributed by atoms with Gasteiger partial charge in [0.1, 0.15) is 11.4 Å². The van der Waals surface area contributed by atoms with Gasteiger partial charge in [-0.3, -0.25) is 4.79 Å². The standard InChI is InChI=1S/C20H32N2O4/c1-8-20(9-2,13-21-18(24)26-19(4,5)6)22-17(23)15-11-10-14(3)16(12-15)25-7/h10-12H,8-9,13H2,1-7H3,(H,21,24)(H,22,23). The largest absolute Gasteiger partial charge is 0.496 e. The van der Waals surface area contributed by atoms with Gasteiger partial charge in [0, 0.05) is 12.1 Å². The van der Waals surface area contributed by atoms with E-state index < -0.39 is 17.2 Å².